The van der Waals surface area contributed by atoms with E-state index in [-0.39, 0.29) is 15.7 Å². The fourth-order valence-electron chi connectivity index (χ4n) is 3.28. The predicted molar refractivity (Wildman–Crippen MR) is 127 cm³/mol. The number of anilines is 2. The molecule has 0 fully saturated rings. The van der Waals surface area contributed by atoms with Crippen molar-refractivity contribution < 1.29 is 13.4 Å². The minimum absolute atomic E-state index is 0.171. The highest BCUT2D eigenvalue weighted by molar-refractivity contribution is 7.92. The van der Waals surface area contributed by atoms with Gasteiger partial charge in [-0.25, -0.2) is 18.4 Å². The van der Waals surface area contributed by atoms with Crippen LogP contribution >= 0.6 is 0 Å². The minimum Gasteiger partial charge on any atom is -0.397 e. The fraction of sp³-hybridized carbons (Fsp3) is 0.0400. The molecule has 0 saturated heterocycles. The molecular formula is C25H21FN4O2S. The van der Waals surface area contributed by atoms with Crippen molar-refractivity contribution in [1.29, 1.82) is 4.78 Å². The number of nitrogens with two attached hydrogens (primary N) is 1. The van der Waals surface area contributed by atoms with Crippen LogP contribution < -0.4 is 11.1 Å². The monoisotopic (exact) mass is 460 g/mol. The Morgan fingerprint density at radius 1 is 0.970 bits per heavy atom. The third kappa shape index (κ3) is 4.75. The van der Waals surface area contributed by atoms with Gasteiger partial charge in [-0.05, 0) is 78.7 Å². The first-order valence-corrected chi connectivity index (χ1v) is 11.6. The molecule has 0 spiro atoms. The average molecular weight is 461 g/mol. The molecule has 1 aromatic heterocycles. The molecule has 0 bridgehead atoms. The largest absolute Gasteiger partial charge is 0.397 e. The highest BCUT2D eigenvalue weighted by Gasteiger charge is 2.16. The lowest BCUT2D eigenvalue weighted by Gasteiger charge is -2.12. The first kappa shape index (κ1) is 22.2. The molecular weight excluding hydrogens is 439 g/mol. The summed E-state index contributed by atoms with van der Waals surface area (Å²) in [5, 5.41) is 2.95. The number of nitrogens with one attached hydrogen (secondary N) is 2. The molecule has 1 atom stereocenters. The van der Waals surface area contributed by atoms with Gasteiger partial charge in [0.1, 0.15) is 20.6 Å². The summed E-state index contributed by atoms with van der Waals surface area (Å²) in [4.78, 5) is 17.3. The fourth-order valence-corrected chi connectivity index (χ4v) is 4.58. The van der Waals surface area contributed by atoms with E-state index in [4.69, 9.17) is 10.5 Å². The van der Waals surface area contributed by atoms with Gasteiger partial charge in [-0.1, -0.05) is 24.3 Å². The normalized spacial score (nSPS) is 12.7. The van der Waals surface area contributed by atoms with E-state index in [1.54, 1.807) is 55.5 Å². The molecule has 33 heavy (non-hydrogen) atoms. The highest BCUT2D eigenvalue weighted by atomic mass is 32.2. The molecule has 166 valence electrons. The van der Waals surface area contributed by atoms with Gasteiger partial charge < -0.3 is 11.1 Å². The summed E-state index contributed by atoms with van der Waals surface area (Å²) in [7, 11) is -3.30. The summed E-state index contributed by atoms with van der Waals surface area (Å²) in [6.07, 6.45) is 0. The molecule has 0 aliphatic carbocycles. The number of hydrogen-bond donors (Lipinski definition) is 3. The van der Waals surface area contributed by atoms with Crippen molar-refractivity contribution in [2.45, 2.75) is 16.8 Å². The summed E-state index contributed by atoms with van der Waals surface area (Å²) in [6, 6.07) is 22.2. The Morgan fingerprint density at radius 2 is 1.64 bits per heavy atom. The summed E-state index contributed by atoms with van der Waals surface area (Å²) in [5.74, 6) is -0.740. The second-order valence-corrected chi connectivity index (χ2v) is 9.46. The van der Waals surface area contributed by atoms with Crippen molar-refractivity contribution in [3.05, 3.63) is 102 Å². The van der Waals surface area contributed by atoms with Crippen LogP contribution in [0.2, 0.25) is 0 Å². The van der Waals surface area contributed by atoms with E-state index in [0.29, 0.717) is 22.6 Å². The Balaban J connectivity index is 1.56. The number of carbonyl (C=O) groups excluding carboxylic acids is 1. The van der Waals surface area contributed by atoms with Crippen LogP contribution in [0, 0.1) is 17.5 Å². The number of pyridine rings is 1. The van der Waals surface area contributed by atoms with Crippen LogP contribution in [0.4, 0.5) is 15.8 Å². The topological polar surface area (TPSA) is 109 Å². The van der Waals surface area contributed by atoms with Gasteiger partial charge >= 0.3 is 0 Å². The summed E-state index contributed by atoms with van der Waals surface area (Å²) in [5.41, 5.74) is 9.37. The summed E-state index contributed by atoms with van der Waals surface area (Å²) in [6.45, 7) is 1.77. The number of benzene rings is 3. The maximum Gasteiger partial charge on any atom is 0.255 e. The molecule has 1 amide bonds. The number of halogens is 1. The first-order valence-electron chi connectivity index (χ1n) is 10.0. The van der Waals surface area contributed by atoms with E-state index in [1.807, 2.05) is 0 Å². The molecule has 3 aromatic carbocycles. The van der Waals surface area contributed by atoms with E-state index in [1.165, 1.54) is 36.4 Å². The van der Waals surface area contributed by atoms with Crippen molar-refractivity contribution in [1.82, 2.24) is 4.98 Å². The van der Waals surface area contributed by atoms with Gasteiger partial charge in [0.25, 0.3) is 5.91 Å². The third-order valence-electron chi connectivity index (χ3n) is 5.08. The van der Waals surface area contributed by atoms with Gasteiger partial charge in [0.15, 0.2) is 0 Å². The molecule has 0 aliphatic rings. The van der Waals surface area contributed by atoms with Crippen molar-refractivity contribution in [2.75, 3.05) is 11.1 Å². The Hall–Kier alpha value is -4.04. The Kier molecular flexibility index (Phi) is 5.93. The molecule has 0 saturated carbocycles. The van der Waals surface area contributed by atoms with E-state index in [9.17, 15) is 13.4 Å². The lowest BCUT2D eigenvalue weighted by atomic mass is 10.0. The Morgan fingerprint density at radius 3 is 2.30 bits per heavy atom. The lowest BCUT2D eigenvalue weighted by Crippen LogP contribution is -2.13. The molecule has 4 rings (SSSR count). The minimum atomic E-state index is -3.30. The molecule has 4 aromatic rings. The maximum absolute atomic E-state index is 13.2. The number of aromatic nitrogens is 1. The Bertz CT molecular complexity index is 1430. The van der Waals surface area contributed by atoms with E-state index >= 15 is 0 Å². The molecule has 6 nitrogen and oxygen atoms in total. The van der Waals surface area contributed by atoms with E-state index in [0.717, 1.165) is 11.1 Å². The lowest BCUT2D eigenvalue weighted by molar-refractivity contribution is 0.102. The summed E-state index contributed by atoms with van der Waals surface area (Å²) < 4.78 is 34.6. The Labute approximate surface area is 191 Å². The van der Waals surface area contributed by atoms with Crippen LogP contribution in [0.15, 0.2) is 94.9 Å². The predicted octanol–water partition coefficient (Wildman–Crippen LogP) is 5.50. The highest BCUT2D eigenvalue weighted by Crippen LogP contribution is 2.28. The molecule has 4 N–H and O–H groups in total. The van der Waals surface area contributed by atoms with Gasteiger partial charge in [0.05, 0.1) is 16.3 Å². The number of aryl methyl sites for hydroxylation is 1. The van der Waals surface area contributed by atoms with Crippen LogP contribution in [0.25, 0.3) is 11.1 Å². The van der Waals surface area contributed by atoms with Crippen LogP contribution in [0.3, 0.4) is 0 Å². The SMILES string of the molecule is Cc1cccc(S(=N)(=O)c2ccc(C(=O)Nc3cc(-c4ccc(F)cc4)ccc3N)cc2)n1. The third-order valence-corrected chi connectivity index (χ3v) is 6.84. The number of amides is 1. The number of carbonyl (C=O) groups is 1. The van der Waals surface area contributed by atoms with Crippen molar-refractivity contribution in [3.63, 3.8) is 0 Å². The van der Waals surface area contributed by atoms with Gasteiger partial charge in [-0.3, -0.25) is 4.79 Å². The smallest absolute Gasteiger partial charge is 0.255 e. The van der Waals surface area contributed by atoms with Gasteiger partial charge in [0.2, 0.25) is 0 Å². The van der Waals surface area contributed by atoms with E-state index in [2.05, 4.69) is 10.3 Å². The second kappa shape index (κ2) is 8.84. The zero-order valence-corrected chi connectivity index (χ0v) is 18.5. The number of nitrogen functional groups attached to an aromatic ring is 1. The number of rotatable bonds is 5. The first-order chi connectivity index (χ1) is 15.7. The standard InChI is InChI=1S/C25H21FN4O2S/c1-16-3-2-4-24(29-16)33(28,32)21-12-7-18(8-13-21)25(31)30-23-15-19(9-14-22(23)27)17-5-10-20(26)11-6-17/h2-15,28H,27H2,1H3,(H,30,31). The van der Waals surface area contributed by atoms with Crippen LogP contribution in [-0.4, -0.2) is 15.1 Å². The van der Waals surface area contributed by atoms with Crippen molar-refractivity contribution in [2.24, 2.45) is 0 Å². The molecule has 0 radical (unpaired) electrons. The molecule has 1 heterocycles. The van der Waals surface area contributed by atoms with Crippen LogP contribution in [-0.2, 0) is 9.73 Å². The number of nitrogens with zero attached hydrogens (tertiary/aromatic N) is 1. The molecule has 1 unspecified atom stereocenters. The molecule has 0 aliphatic heterocycles. The van der Waals surface area contributed by atoms with Crippen molar-refractivity contribution >= 4 is 27.0 Å². The van der Waals surface area contributed by atoms with E-state index < -0.39 is 15.6 Å². The van der Waals surface area contributed by atoms with Crippen molar-refractivity contribution in [3.8, 4) is 11.1 Å². The van der Waals surface area contributed by atoms with Gasteiger partial charge in [-0.15, -0.1) is 0 Å². The van der Waals surface area contributed by atoms with Gasteiger partial charge in [-0.2, -0.15) is 0 Å². The molecule has 8 heteroatoms. The number of hydrogen-bond acceptors (Lipinski definition) is 5. The van der Waals surface area contributed by atoms with Crippen LogP contribution in [0.5, 0.6) is 0 Å². The zero-order valence-electron chi connectivity index (χ0n) is 17.7. The average Bonchev–Trinajstić information content (AvgIpc) is 2.81. The second-order valence-electron chi connectivity index (χ2n) is 7.46. The quantitative estimate of drug-likeness (QED) is 0.342. The van der Waals surface area contributed by atoms with Crippen LogP contribution in [0.1, 0.15) is 16.1 Å². The zero-order chi connectivity index (χ0) is 23.6. The summed E-state index contributed by atoms with van der Waals surface area (Å²) >= 11 is 0. The maximum atomic E-state index is 13.2. The van der Waals surface area contributed by atoms with Gasteiger partial charge in [0, 0.05) is 11.3 Å².